The van der Waals surface area contributed by atoms with Crippen LogP contribution in [0.15, 0.2) is 0 Å². The number of hydrazine groups is 2. The fraction of sp³-hybridized carbons (Fsp3) is 0. The second kappa shape index (κ2) is 2.35. The molecule has 0 aromatic heterocycles. The van der Waals surface area contributed by atoms with Crippen LogP contribution in [0.25, 0.3) is 0 Å². The third kappa shape index (κ3) is 1.93. The molecule has 0 aliphatic heterocycles. The molecule has 0 rings (SSSR count). The van der Waals surface area contributed by atoms with Gasteiger partial charge in [0.15, 0.2) is 0 Å². The van der Waals surface area contributed by atoms with E-state index in [1.54, 1.807) is 5.53 Å². The van der Waals surface area contributed by atoms with E-state index in [-0.39, 0.29) is 5.17 Å². The van der Waals surface area contributed by atoms with Gasteiger partial charge in [0, 0.05) is 0 Å². The molecule has 0 spiro atoms. The van der Waals surface area contributed by atoms with Crippen molar-refractivity contribution in [3.05, 3.63) is 0 Å². The highest BCUT2D eigenvalue weighted by Crippen LogP contribution is 1.60. The lowest BCUT2D eigenvalue weighted by Crippen LogP contribution is -2.47. The number of nitrogens with one attached hydrogen (secondary N) is 2. The van der Waals surface area contributed by atoms with E-state index in [0.717, 1.165) is 0 Å². The lowest BCUT2D eigenvalue weighted by atomic mass is 11.1. The molecule has 6 nitrogen and oxygen atoms in total. The van der Waals surface area contributed by atoms with Crippen molar-refractivity contribution in [2.75, 3.05) is 0 Å². The van der Waals surface area contributed by atoms with Gasteiger partial charge >= 0.3 is 0 Å². The minimum atomic E-state index is -0.553. The van der Waals surface area contributed by atoms with Gasteiger partial charge in [0.1, 0.15) is 0 Å². The Morgan fingerprint density at radius 1 is 1.86 bits per heavy atom. The van der Waals surface area contributed by atoms with Crippen molar-refractivity contribution in [1.29, 1.82) is 5.41 Å². The predicted molar refractivity (Wildman–Crippen MR) is 22.9 cm³/mol. The summed E-state index contributed by atoms with van der Waals surface area (Å²) in [6.45, 7) is 0. The normalized spacial score (nSPS) is 8.29. The molecule has 0 atom stereocenters. The summed E-state index contributed by atoms with van der Waals surface area (Å²) in [6, 6.07) is 0. The van der Waals surface area contributed by atoms with Gasteiger partial charge in [0.25, 0.3) is 0 Å². The standard InChI is InChI=1S/CH7N5O/c2-1(3)6(7)5-4/h5,7H,4H2,(H3,2,3). The Bertz CT molecular complexity index is 70.5. The average molecular weight is 105 g/mol. The summed E-state index contributed by atoms with van der Waals surface area (Å²) in [5.74, 6) is 4.02. The zero-order valence-corrected chi connectivity index (χ0v) is 3.55. The van der Waals surface area contributed by atoms with Crippen LogP contribution < -0.4 is 17.1 Å². The third-order valence-electron chi connectivity index (χ3n) is 0.350. The molecule has 0 saturated carbocycles. The Labute approximate surface area is 40.1 Å². The van der Waals surface area contributed by atoms with Crippen molar-refractivity contribution in [3.63, 3.8) is 0 Å². The summed E-state index contributed by atoms with van der Waals surface area (Å²) in [5, 5.41) is 14.8. The topological polar surface area (TPSA) is 111 Å². The van der Waals surface area contributed by atoms with E-state index in [2.05, 4.69) is 11.6 Å². The first kappa shape index (κ1) is 6.15. The van der Waals surface area contributed by atoms with Gasteiger partial charge in [-0.15, -0.1) is 10.7 Å². The van der Waals surface area contributed by atoms with E-state index in [0.29, 0.717) is 0 Å². The number of guanidine groups is 1. The number of nitrogens with two attached hydrogens (primary N) is 2. The minimum Gasteiger partial charge on any atom is -0.367 e. The SMILES string of the molecule is N=C(N)N(O)NN. The fourth-order valence-electron chi connectivity index (χ4n) is 0.0695. The Hall–Kier alpha value is -0.850. The molecular weight excluding hydrogens is 98.0 g/mol. The van der Waals surface area contributed by atoms with Crippen molar-refractivity contribution in [1.82, 2.24) is 10.7 Å². The van der Waals surface area contributed by atoms with Crippen molar-refractivity contribution in [2.45, 2.75) is 0 Å². The minimum absolute atomic E-state index is 0.181. The lowest BCUT2D eigenvalue weighted by Gasteiger charge is -2.09. The molecule has 0 heterocycles. The van der Waals surface area contributed by atoms with Gasteiger partial charge in [-0.25, -0.2) is 0 Å². The Balaban J connectivity index is 3.34. The molecule has 0 saturated heterocycles. The lowest BCUT2D eigenvalue weighted by molar-refractivity contribution is -0.0655. The van der Waals surface area contributed by atoms with E-state index in [1.807, 2.05) is 0 Å². The van der Waals surface area contributed by atoms with Gasteiger partial charge in [-0.05, 0) is 0 Å². The third-order valence-corrected chi connectivity index (χ3v) is 0.350. The average Bonchev–Trinajstić information content (AvgIpc) is 1.65. The number of hydrogen-bond acceptors (Lipinski definition) is 4. The first-order valence-electron chi connectivity index (χ1n) is 1.47. The van der Waals surface area contributed by atoms with Crippen molar-refractivity contribution >= 4 is 5.96 Å². The quantitative estimate of drug-likeness (QED) is 0.114. The maximum Gasteiger partial charge on any atom is 0.230 e. The fourth-order valence-corrected chi connectivity index (χ4v) is 0.0695. The summed E-state index contributed by atoms with van der Waals surface area (Å²) >= 11 is 0. The van der Waals surface area contributed by atoms with Gasteiger partial charge in [0.05, 0.1) is 0 Å². The molecule has 0 aliphatic carbocycles. The van der Waals surface area contributed by atoms with Crippen molar-refractivity contribution in [2.24, 2.45) is 11.6 Å². The van der Waals surface area contributed by atoms with Crippen LogP contribution in [0.2, 0.25) is 0 Å². The van der Waals surface area contributed by atoms with Crippen LogP contribution >= 0.6 is 0 Å². The molecule has 0 radical (unpaired) electrons. The molecule has 0 aromatic rings. The van der Waals surface area contributed by atoms with E-state index >= 15 is 0 Å². The highest BCUT2D eigenvalue weighted by atomic mass is 16.5. The molecule has 42 valence electrons. The van der Waals surface area contributed by atoms with Gasteiger partial charge in [0.2, 0.25) is 5.96 Å². The van der Waals surface area contributed by atoms with Crippen LogP contribution in [-0.4, -0.2) is 16.3 Å². The highest BCUT2D eigenvalue weighted by molar-refractivity contribution is 5.72. The number of hydroxylamine groups is 1. The predicted octanol–water partition coefficient (Wildman–Crippen LogP) is -2.05. The highest BCUT2D eigenvalue weighted by Gasteiger charge is 1.92. The van der Waals surface area contributed by atoms with E-state index in [1.165, 1.54) is 0 Å². The van der Waals surface area contributed by atoms with Gasteiger partial charge < -0.3 is 5.73 Å². The maximum atomic E-state index is 8.18. The Kier molecular flexibility index (Phi) is 2.06. The summed E-state index contributed by atoms with van der Waals surface area (Å²) in [6.07, 6.45) is 0. The second-order valence-corrected chi connectivity index (χ2v) is 0.826. The van der Waals surface area contributed by atoms with Gasteiger partial charge in [-0.3, -0.25) is 16.5 Å². The Morgan fingerprint density at radius 3 is 2.29 bits per heavy atom. The van der Waals surface area contributed by atoms with Crippen LogP contribution in [0.1, 0.15) is 0 Å². The summed E-state index contributed by atoms with van der Waals surface area (Å²) in [4.78, 5) is 0. The van der Waals surface area contributed by atoms with Gasteiger partial charge in [-0.1, -0.05) is 0 Å². The van der Waals surface area contributed by atoms with Gasteiger partial charge in [-0.2, -0.15) is 0 Å². The monoisotopic (exact) mass is 105 g/mol. The molecule has 7 N–H and O–H groups in total. The number of hydrogen-bond donors (Lipinski definition) is 5. The van der Waals surface area contributed by atoms with E-state index < -0.39 is 5.96 Å². The molecule has 6 heteroatoms. The van der Waals surface area contributed by atoms with Crippen molar-refractivity contribution in [3.8, 4) is 0 Å². The molecule has 0 fully saturated rings. The molecule has 0 aliphatic rings. The van der Waals surface area contributed by atoms with E-state index in [9.17, 15) is 0 Å². The molecule has 0 aromatic carbocycles. The first-order chi connectivity index (χ1) is 3.18. The number of nitrogens with zero attached hydrogens (tertiary/aromatic N) is 1. The number of rotatable bonds is 1. The van der Waals surface area contributed by atoms with Crippen molar-refractivity contribution < 1.29 is 5.21 Å². The molecule has 0 unspecified atom stereocenters. The molecule has 0 amide bonds. The smallest absolute Gasteiger partial charge is 0.230 e. The van der Waals surface area contributed by atoms with Crippen LogP contribution in [0, 0.1) is 5.41 Å². The van der Waals surface area contributed by atoms with E-state index in [4.69, 9.17) is 10.6 Å². The molecule has 7 heavy (non-hydrogen) atoms. The summed E-state index contributed by atoms with van der Waals surface area (Å²) in [7, 11) is 0. The zero-order valence-electron chi connectivity index (χ0n) is 3.55. The second-order valence-electron chi connectivity index (χ2n) is 0.826. The Morgan fingerprint density at radius 2 is 2.29 bits per heavy atom. The summed E-state index contributed by atoms with van der Waals surface area (Å²) in [5.41, 5.74) is 6.37. The molecular formula is CH7N5O. The first-order valence-corrected chi connectivity index (χ1v) is 1.47. The zero-order chi connectivity index (χ0) is 5.86. The largest absolute Gasteiger partial charge is 0.367 e. The van der Waals surface area contributed by atoms with Crippen LogP contribution in [0.3, 0.4) is 0 Å². The van der Waals surface area contributed by atoms with Crippen LogP contribution in [0.4, 0.5) is 0 Å². The maximum absolute atomic E-state index is 8.18. The summed E-state index contributed by atoms with van der Waals surface area (Å²) < 4.78 is 0. The van der Waals surface area contributed by atoms with Crippen LogP contribution in [-0.2, 0) is 0 Å². The van der Waals surface area contributed by atoms with Crippen LogP contribution in [0.5, 0.6) is 0 Å². The molecule has 0 bridgehead atoms.